The first-order valence-electron chi connectivity index (χ1n) is 4.63. The van der Waals surface area contributed by atoms with Crippen LogP contribution in [0.25, 0.3) is 0 Å². The largest absolute Gasteiger partial charge is 0.436 e. The Balaban J connectivity index is 2.28. The summed E-state index contributed by atoms with van der Waals surface area (Å²) in [6.45, 7) is 1.40. The monoisotopic (exact) mass is 315 g/mol. The van der Waals surface area contributed by atoms with Crippen LogP contribution < -0.4 is 4.74 Å². The van der Waals surface area contributed by atoms with Gasteiger partial charge in [0.1, 0.15) is 5.75 Å². The maximum absolute atomic E-state index is 11.2. The second-order valence-electron chi connectivity index (χ2n) is 3.23. The third-order valence-corrected chi connectivity index (χ3v) is 3.21. The van der Waals surface area contributed by atoms with Crippen molar-refractivity contribution in [3.8, 4) is 11.6 Å². The van der Waals surface area contributed by atoms with Crippen LogP contribution in [0.1, 0.15) is 17.4 Å². The number of Topliss-reactive ketones (excluding diaryl/α,β-unsaturated/α-hetero) is 1. The number of ether oxygens (including phenoxy) is 1. The smallest absolute Gasteiger partial charge is 0.269 e. The van der Waals surface area contributed by atoms with Crippen LogP contribution in [-0.4, -0.2) is 21.2 Å². The van der Waals surface area contributed by atoms with Gasteiger partial charge in [0.15, 0.2) is 11.5 Å². The van der Waals surface area contributed by atoms with Gasteiger partial charge in [-0.15, -0.1) is 0 Å². The molecule has 88 valence electrons. The van der Waals surface area contributed by atoms with Crippen LogP contribution in [0, 0.1) is 0 Å². The normalized spacial score (nSPS) is 10.3. The average molecular weight is 317 g/mol. The quantitative estimate of drug-likeness (QED) is 0.883. The molecule has 0 radical (unpaired) electrons. The number of aromatic amines is 1. The number of halogens is 2. The highest BCUT2D eigenvalue weighted by Gasteiger charge is 2.14. The number of hydrogen-bond acceptors (Lipinski definition) is 4. The molecule has 0 bridgehead atoms. The van der Waals surface area contributed by atoms with Crippen molar-refractivity contribution >= 4 is 33.3 Å². The molecule has 1 N–H and O–H groups in total. The van der Waals surface area contributed by atoms with Gasteiger partial charge in [-0.25, -0.2) is 0 Å². The fraction of sp³-hybridized carbons (Fsp3) is 0.100. The number of carbonyl (C=O) groups is 1. The zero-order valence-electron chi connectivity index (χ0n) is 8.70. The minimum atomic E-state index is -0.201. The standard InChI is InChI=1S/C10H7BrClN3O2/c1-5(16)9-10(14-15-13-9)17-6-2-3-7(11)8(12)4-6/h2-4H,1H3,(H,13,14,15). The van der Waals surface area contributed by atoms with Gasteiger partial charge >= 0.3 is 0 Å². The van der Waals surface area contributed by atoms with E-state index in [1.807, 2.05) is 0 Å². The van der Waals surface area contributed by atoms with Crippen LogP contribution in [0.3, 0.4) is 0 Å². The molecule has 1 heterocycles. The second-order valence-corrected chi connectivity index (χ2v) is 4.49. The van der Waals surface area contributed by atoms with Crippen molar-refractivity contribution in [2.45, 2.75) is 6.92 Å². The van der Waals surface area contributed by atoms with E-state index in [0.29, 0.717) is 10.8 Å². The van der Waals surface area contributed by atoms with Crippen molar-refractivity contribution in [2.75, 3.05) is 0 Å². The van der Waals surface area contributed by atoms with Crippen LogP contribution in [0.5, 0.6) is 11.6 Å². The van der Waals surface area contributed by atoms with Gasteiger partial charge in [0, 0.05) is 17.5 Å². The van der Waals surface area contributed by atoms with Crippen LogP contribution in [0.15, 0.2) is 22.7 Å². The van der Waals surface area contributed by atoms with Crippen LogP contribution >= 0.6 is 27.5 Å². The Morgan fingerprint density at radius 1 is 1.53 bits per heavy atom. The average Bonchev–Trinajstić information content (AvgIpc) is 2.72. The number of H-pyrrole nitrogens is 1. The Morgan fingerprint density at radius 2 is 2.29 bits per heavy atom. The summed E-state index contributed by atoms with van der Waals surface area (Å²) in [5, 5.41) is 10.2. The number of nitrogens with one attached hydrogen (secondary N) is 1. The molecule has 0 aliphatic rings. The molecule has 5 nitrogen and oxygen atoms in total. The summed E-state index contributed by atoms with van der Waals surface area (Å²) in [6.07, 6.45) is 0. The highest BCUT2D eigenvalue weighted by molar-refractivity contribution is 9.10. The highest BCUT2D eigenvalue weighted by atomic mass is 79.9. The van der Waals surface area contributed by atoms with Crippen molar-refractivity contribution in [3.63, 3.8) is 0 Å². The van der Waals surface area contributed by atoms with Crippen molar-refractivity contribution in [1.82, 2.24) is 15.4 Å². The molecule has 0 atom stereocenters. The lowest BCUT2D eigenvalue weighted by Crippen LogP contribution is -1.96. The third kappa shape index (κ3) is 2.65. The molecule has 1 aromatic carbocycles. The van der Waals surface area contributed by atoms with E-state index in [1.54, 1.807) is 18.2 Å². The Morgan fingerprint density at radius 3 is 2.94 bits per heavy atom. The Kier molecular flexibility index (Phi) is 3.44. The molecular formula is C10H7BrClN3O2. The van der Waals surface area contributed by atoms with Gasteiger partial charge < -0.3 is 4.74 Å². The summed E-state index contributed by atoms with van der Waals surface area (Å²) in [4.78, 5) is 11.2. The molecular weight excluding hydrogens is 309 g/mol. The molecule has 2 aromatic rings. The predicted octanol–water partition coefficient (Wildman–Crippen LogP) is 3.22. The zero-order valence-corrected chi connectivity index (χ0v) is 11.0. The van der Waals surface area contributed by atoms with E-state index in [4.69, 9.17) is 16.3 Å². The van der Waals surface area contributed by atoms with E-state index in [1.165, 1.54) is 6.92 Å². The maximum Gasteiger partial charge on any atom is 0.269 e. The SMILES string of the molecule is CC(=O)c1[nH]nnc1Oc1ccc(Br)c(Cl)c1. The molecule has 17 heavy (non-hydrogen) atoms. The summed E-state index contributed by atoms with van der Waals surface area (Å²) in [5.74, 6) is 0.415. The van der Waals surface area contributed by atoms with Crippen molar-refractivity contribution < 1.29 is 9.53 Å². The molecule has 0 saturated carbocycles. The molecule has 0 unspecified atom stereocenters. The van der Waals surface area contributed by atoms with Gasteiger partial charge in [0.25, 0.3) is 5.88 Å². The number of nitrogens with zero attached hydrogens (tertiary/aromatic N) is 2. The van der Waals surface area contributed by atoms with E-state index >= 15 is 0 Å². The molecule has 1 aromatic heterocycles. The van der Waals surface area contributed by atoms with E-state index in [9.17, 15) is 4.79 Å². The lowest BCUT2D eigenvalue weighted by Gasteiger charge is -2.04. The fourth-order valence-electron chi connectivity index (χ4n) is 1.17. The third-order valence-electron chi connectivity index (χ3n) is 1.97. The lowest BCUT2D eigenvalue weighted by atomic mass is 10.3. The van der Waals surface area contributed by atoms with Gasteiger partial charge in [-0.1, -0.05) is 21.9 Å². The molecule has 0 saturated heterocycles. The van der Waals surface area contributed by atoms with E-state index in [-0.39, 0.29) is 17.4 Å². The number of carbonyl (C=O) groups excluding carboxylic acids is 1. The van der Waals surface area contributed by atoms with Gasteiger partial charge in [-0.3, -0.25) is 9.89 Å². The first-order chi connectivity index (χ1) is 8.08. The van der Waals surface area contributed by atoms with Crippen LogP contribution in [-0.2, 0) is 0 Å². The Bertz CT molecular complexity index is 570. The highest BCUT2D eigenvalue weighted by Crippen LogP contribution is 2.29. The van der Waals surface area contributed by atoms with Gasteiger partial charge in [0.05, 0.1) is 5.02 Å². The van der Waals surface area contributed by atoms with Crippen molar-refractivity contribution in [3.05, 3.63) is 33.4 Å². The molecule has 0 spiro atoms. The molecule has 7 heteroatoms. The molecule has 0 fully saturated rings. The van der Waals surface area contributed by atoms with Crippen LogP contribution in [0.2, 0.25) is 5.02 Å². The summed E-state index contributed by atoms with van der Waals surface area (Å²) in [5.41, 5.74) is 0.226. The molecule has 0 aliphatic heterocycles. The Hall–Kier alpha value is -1.40. The van der Waals surface area contributed by atoms with E-state index in [0.717, 1.165) is 4.47 Å². The maximum atomic E-state index is 11.2. The first kappa shape index (κ1) is 12.1. The summed E-state index contributed by atoms with van der Waals surface area (Å²) >= 11 is 9.19. The molecule has 0 aliphatic carbocycles. The van der Waals surface area contributed by atoms with Gasteiger partial charge in [-0.2, -0.15) is 0 Å². The fourth-order valence-corrected chi connectivity index (χ4v) is 1.59. The zero-order chi connectivity index (χ0) is 12.4. The number of ketones is 1. The van der Waals surface area contributed by atoms with Crippen LogP contribution in [0.4, 0.5) is 0 Å². The molecule has 0 amide bonds. The number of hydrogen-bond donors (Lipinski definition) is 1. The summed E-state index contributed by atoms with van der Waals surface area (Å²) < 4.78 is 6.18. The van der Waals surface area contributed by atoms with Gasteiger partial charge in [0.2, 0.25) is 0 Å². The van der Waals surface area contributed by atoms with E-state index < -0.39 is 0 Å². The molecule has 2 rings (SSSR count). The predicted molar refractivity (Wildman–Crippen MR) is 65.6 cm³/mol. The topological polar surface area (TPSA) is 67.9 Å². The van der Waals surface area contributed by atoms with Crippen molar-refractivity contribution in [1.29, 1.82) is 0 Å². The number of aromatic nitrogens is 3. The van der Waals surface area contributed by atoms with Crippen molar-refractivity contribution in [2.24, 2.45) is 0 Å². The van der Waals surface area contributed by atoms with E-state index in [2.05, 4.69) is 31.3 Å². The van der Waals surface area contributed by atoms with Gasteiger partial charge in [-0.05, 0) is 28.1 Å². The first-order valence-corrected chi connectivity index (χ1v) is 5.80. The minimum absolute atomic E-state index is 0.135. The number of rotatable bonds is 3. The summed E-state index contributed by atoms with van der Waals surface area (Å²) in [6, 6.07) is 5.06. The minimum Gasteiger partial charge on any atom is -0.436 e. The lowest BCUT2D eigenvalue weighted by molar-refractivity contribution is 0.101. The Labute approximate surface area is 110 Å². The summed E-state index contributed by atoms with van der Waals surface area (Å²) in [7, 11) is 0. The second kappa shape index (κ2) is 4.85. The number of benzene rings is 1.